The monoisotopic (exact) mass is 826 g/mol. The van der Waals surface area contributed by atoms with Gasteiger partial charge in [-0.15, -0.1) is 0 Å². The van der Waals surface area contributed by atoms with E-state index in [0.717, 1.165) is 9.86 Å². The van der Waals surface area contributed by atoms with E-state index in [4.69, 9.17) is 30.5 Å². The molecular formula is C33H22Br3ClN4O5. The van der Waals surface area contributed by atoms with Crippen molar-refractivity contribution in [1.29, 1.82) is 0 Å². The average Bonchev–Trinajstić information content (AvgIpc) is 3.47. The molecule has 9 nitrogen and oxygen atoms in total. The molecule has 1 N–H and O–H groups in total. The minimum absolute atomic E-state index is 0.235. The average molecular weight is 830 g/mol. The molecule has 0 aliphatic rings. The van der Waals surface area contributed by atoms with Crippen molar-refractivity contribution in [2.24, 2.45) is 5.10 Å². The number of anilines is 1. The first kappa shape index (κ1) is 32.0. The van der Waals surface area contributed by atoms with Crippen molar-refractivity contribution in [2.45, 2.75) is 6.92 Å². The van der Waals surface area contributed by atoms with Crippen LogP contribution >= 0.6 is 59.4 Å². The van der Waals surface area contributed by atoms with Crippen LogP contribution in [-0.4, -0.2) is 35.0 Å². The molecule has 0 saturated carbocycles. The van der Waals surface area contributed by atoms with E-state index in [1.807, 2.05) is 37.3 Å². The number of para-hydroxylation sites is 1. The van der Waals surface area contributed by atoms with Gasteiger partial charge in [0.25, 0.3) is 11.5 Å². The highest BCUT2D eigenvalue weighted by atomic mass is 79.9. The Balaban J connectivity index is 1.36. The third-order valence-corrected chi connectivity index (χ3v) is 9.58. The highest BCUT2D eigenvalue weighted by molar-refractivity contribution is 9.13. The number of aromatic nitrogens is 2. The number of furan rings is 1. The molecule has 0 aliphatic carbocycles. The van der Waals surface area contributed by atoms with Gasteiger partial charge in [-0.2, -0.15) is 9.78 Å². The normalized spacial score (nSPS) is 11.4. The molecule has 0 atom stereocenters. The number of carbonyl (C=O) groups excluding carboxylic acids is 1. The van der Waals surface area contributed by atoms with E-state index < -0.39 is 0 Å². The smallest absolute Gasteiger partial charge is 0.282 e. The Bertz CT molecular complexity index is 2200. The SMILES string of the molecule is CCOc1cc(C=Nn2c(-c3cc4cc(Br)ccc4o3)nc3ccccc3c2=O)c(Br)c(Br)c1OCC(=O)Nc1ccc(Cl)cc1. The molecule has 2 aromatic heterocycles. The van der Waals surface area contributed by atoms with Crippen molar-refractivity contribution in [1.82, 2.24) is 9.66 Å². The van der Waals surface area contributed by atoms with Crippen LogP contribution in [0.4, 0.5) is 5.69 Å². The highest BCUT2D eigenvalue weighted by Gasteiger charge is 2.20. The number of halogens is 4. The van der Waals surface area contributed by atoms with Gasteiger partial charge in [-0.25, -0.2) is 4.98 Å². The fourth-order valence-electron chi connectivity index (χ4n) is 4.60. The van der Waals surface area contributed by atoms with Crippen molar-refractivity contribution in [3.8, 4) is 23.1 Å². The third kappa shape index (κ3) is 6.75. The first-order valence-corrected chi connectivity index (χ1v) is 16.6. The van der Waals surface area contributed by atoms with Gasteiger partial charge in [0.05, 0.1) is 28.2 Å². The second-order valence-electron chi connectivity index (χ2n) is 9.80. The lowest BCUT2D eigenvalue weighted by Crippen LogP contribution is -2.21. The molecule has 0 aliphatic heterocycles. The van der Waals surface area contributed by atoms with Crippen molar-refractivity contribution in [3.05, 3.63) is 113 Å². The third-order valence-electron chi connectivity index (χ3n) is 6.70. The van der Waals surface area contributed by atoms with Crippen LogP contribution in [0.25, 0.3) is 33.5 Å². The minimum Gasteiger partial charge on any atom is -0.490 e. The van der Waals surface area contributed by atoms with E-state index in [-0.39, 0.29) is 23.9 Å². The second kappa shape index (κ2) is 13.8. The quantitative estimate of drug-likeness (QED) is 0.146. The molecule has 1 amide bonds. The summed E-state index contributed by atoms with van der Waals surface area (Å²) in [5.74, 6) is 0.927. The summed E-state index contributed by atoms with van der Waals surface area (Å²) < 4.78 is 21.0. The molecule has 13 heteroatoms. The zero-order valence-corrected chi connectivity index (χ0v) is 29.4. The number of nitrogens with zero attached hydrogens (tertiary/aromatic N) is 3. The van der Waals surface area contributed by atoms with Crippen LogP contribution in [0.5, 0.6) is 11.5 Å². The summed E-state index contributed by atoms with van der Waals surface area (Å²) in [4.78, 5) is 31.1. The predicted octanol–water partition coefficient (Wildman–Crippen LogP) is 9.05. The summed E-state index contributed by atoms with van der Waals surface area (Å²) in [5, 5.41) is 9.15. The molecule has 232 valence electrons. The Morgan fingerprint density at radius 1 is 1.02 bits per heavy atom. The molecule has 0 fully saturated rings. The predicted molar refractivity (Wildman–Crippen MR) is 190 cm³/mol. The van der Waals surface area contributed by atoms with Gasteiger partial charge in [0.2, 0.25) is 5.82 Å². The maximum atomic E-state index is 13.7. The minimum atomic E-state index is -0.370. The van der Waals surface area contributed by atoms with E-state index in [1.54, 1.807) is 48.5 Å². The van der Waals surface area contributed by atoms with E-state index in [0.29, 0.717) is 65.6 Å². The maximum Gasteiger partial charge on any atom is 0.282 e. The molecule has 0 unspecified atom stereocenters. The van der Waals surface area contributed by atoms with Gasteiger partial charge in [-0.1, -0.05) is 39.7 Å². The van der Waals surface area contributed by atoms with Crippen molar-refractivity contribution >= 4 is 99.1 Å². The van der Waals surface area contributed by atoms with Gasteiger partial charge >= 0.3 is 0 Å². The number of amides is 1. The van der Waals surface area contributed by atoms with Crippen molar-refractivity contribution in [2.75, 3.05) is 18.5 Å². The Morgan fingerprint density at radius 2 is 1.80 bits per heavy atom. The van der Waals surface area contributed by atoms with Gasteiger partial charge < -0.3 is 19.2 Å². The number of hydrogen-bond donors (Lipinski definition) is 1. The molecule has 4 aromatic carbocycles. The molecule has 0 spiro atoms. The molecular weight excluding hydrogens is 808 g/mol. The van der Waals surface area contributed by atoms with Crippen LogP contribution in [0.1, 0.15) is 12.5 Å². The van der Waals surface area contributed by atoms with Crippen LogP contribution in [0.3, 0.4) is 0 Å². The van der Waals surface area contributed by atoms with E-state index in [1.165, 1.54) is 10.9 Å². The van der Waals surface area contributed by atoms with Crippen molar-refractivity contribution in [3.63, 3.8) is 0 Å². The first-order valence-electron chi connectivity index (χ1n) is 13.8. The second-order valence-corrected chi connectivity index (χ2v) is 12.7. The number of nitrogens with one attached hydrogen (secondary N) is 1. The fourth-order valence-corrected chi connectivity index (χ4v) is 6.04. The van der Waals surface area contributed by atoms with Crippen LogP contribution in [-0.2, 0) is 4.79 Å². The molecule has 2 heterocycles. The number of benzene rings is 4. The summed E-state index contributed by atoms with van der Waals surface area (Å²) in [5.41, 5.74) is 1.93. The zero-order valence-electron chi connectivity index (χ0n) is 23.9. The maximum absolute atomic E-state index is 13.7. The standard InChI is InChI=1S/C33H22Br3ClN4O5/c1-2-44-26-15-19(29(35)30(36)31(26)45-17-28(42)39-22-10-8-21(37)9-11-22)16-38-41-32(40-24-6-4-3-5-23(24)33(41)43)27-14-18-13-20(34)7-12-25(18)46-27/h3-16H,2,17H2,1H3,(H,39,42). The van der Waals surface area contributed by atoms with Gasteiger partial charge in [-0.05, 0) is 106 Å². The lowest BCUT2D eigenvalue weighted by Gasteiger charge is -2.16. The van der Waals surface area contributed by atoms with E-state index >= 15 is 0 Å². The molecule has 6 aromatic rings. The van der Waals surface area contributed by atoms with Crippen LogP contribution < -0.4 is 20.3 Å². The molecule has 0 saturated heterocycles. The highest BCUT2D eigenvalue weighted by Crippen LogP contribution is 2.42. The number of ether oxygens (including phenoxy) is 2. The topological polar surface area (TPSA) is 108 Å². The van der Waals surface area contributed by atoms with Gasteiger partial charge in [-0.3, -0.25) is 9.59 Å². The fraction of sp³-hybridized carbons (Fsp3) is 0.0909. The summed E-state index contributed by atoms with van der Waals surface area (Å²) in [6.45, 7) is 1.88. The summed E-state index contributed by atoms with van der Waals surface area (Å²) in [6.07, 6.45) is 1.51. The Hall–Kier alpha value is -3.97. The summed E-state index contributed by atoms with van der Waals surface area (Å²) >= 11 is 16.6. The largest absolute Gasteiger partial charge is 0.490 e. The summed E-state index contributed by atoms with van der Waals surface area (Å²) in [6, 6.07) is 23.0. The molecule has 0 bridgehead atoms. The zero-order chi connectivity index (χ0) is 32.4. The van der Waals surface area contributed by atoms with E-state index in [9.17, 15) is 9.59 Å². The Kier molecular flexibility index (Phi) is 9.60. The van der Waals surface area contributed by atoms with Gasteiger partial charge in [0.15, 0.2) is 23.9 Å². The number of hydrogen-bond acceptors (Lipinski definition) is 7. The Labute approximate surface area is 292 Å². The number of rotatable bonds is 9. The molecule has 0 radical (unpaired) electrons. The van der Waals surface area contributed by atoms with Gasteiger partial charge in [0, 0.05) is 30.6 Å². The van der Waals surface area contributed by atoms with E-state index in [2.05, 4.69) is 58.2 Å². The summed E-state index contributed by atoms with van der Waals surface area (Å²) in [7, 11) is 0. The lowest BCUT2D eigenvalue weighted by atomic mass is 10.2. The van der Waals surface area contributed by atoms with Crippen molar-refractivity contribution < 1.29 is 18.7 Å². The van der Waals surface area contributed by atoms with Crippen LogP contribution in [0, 0.1) is 0 Å². The molecule has 46 heavy (non-hydrogen) atoms. The first-order chi connectivity index (χ1) is 22.2. The Morgan fingerprint density at radius 3 is 2.59 bits per heavy atom. The number of fused-ring (bicyclic) bond motifs is 2. The number of carbonyl (C=O) groups is 1. The van der Waals surface area contributed by atoms with Crippen LogP contribution in [0.2, 0.25) is 5.02 Å². The van der Waals surface area contributed by atoms with Crippen LogP contribution in [0.15, 0.2) is 107 Å². The molecule has 6 rings (SSSR count). The van der Waals surface area contributed by atoms with Gasteiger partial charge in [0.1, 0.15) is 5.58 Å². The lowest BCUT2D eigenvalue weighted by molar-refractivity contribution is -0.118.